The van der Waals surface area contributed by atoms with Crippen LogP contribution in [0.15, 0.2) is 30.5 Å². The molecule has 0 spiro atoms. The minimum Gasteiger partial charge on any atom is -0.361 e. The normalized spacial score (nSPS) is 11.9. The number of nitrogens with zero attached hydrogens (tertiary/aromatic N) is 1. The number of rotatable bonds is 5. The van der Waals surface area contributed by atoms with Crippen LogP contribution in [0.5, 0.6) is 0 Å². The lowest BCUT2D eigenvalue weighted by atomic mass is 10.1. The molecule has 0 aliphatic rings. The van der Waals surface area contributed by atoms with Crippen molar-refractivity contribution >= 4 is 26.8 Å². The lowest BCUT2D eigenvalue weighted by molar-refractivity contribution is 0.0957. The lowest BCUT2D eigenvalue weighted by Crippen LogP contribution is -2.33. The first kappa shape index (κ1) is 14.5. The Hall–Kier alpha value is -1.86. The number of benzene rings is 1. The van der Waals surface area contributed by atoms with Gasteiger partial charge in [0.25, 0.3) is 5.91 Å². The van der Waals surface area contributed by atoms with Crippen LogP contribution in [0, 0.1) is 0 Å². The van der Waals surface area contributed by atoms with Gasteiger partial charge in [-0.3, -0.25) is 4.79 Å². The number of nitrogens with one attached hydrogen (secondary N) is 2. The largest absolute Gasteiger partial charge is 0.361 e. The number of fused-ring (bicyclic) bond motifs is 1. The van der Waals surface area contributed by atoms with Crippen LogP contribution >= 0.6 is 0 Å². The molecule has 2 aromatic rings. The van der Waals surface area contributed by atoms with Crippen molar-refractivity contribution in [2.45, 2.75) is 0 Å². The summed E-state index contributed by atoms with van der Waals surface area (Å²) in [6.07, 6.45) is 1.76. The molecule has 6 nitrogen and oxygen atoms in total. The van der Waals surface area contributed by atoms with Gasteiger partial charge in [-0.1, -0.05) is 6.07 Å². The number of amides is 1. The highest BCUT2D eigenvalue weighted by molar-refractivity contribution is 7.89. The first-order chi connectivity index (χ1) is 9.42. The van der Waals surface area contributed by atoms with Crippen molar-refractivity contribution in [3.63, 3.8) is 0 Å². The predicted octanol–water partition coefficient (Wildman–Crippen LogP) is 0.789. The summed E-state index contributed by atoms with van der Waals surface area (Å²) < 4.78 is 24.3. The van der Waals surface area contributed by atoms with Gasteiger partial charge in [0.1, 0.15) is 0 Å². The van der Waals surface area contributed by atoms with Crippen LogP contribution in [-0.4, -0.2) is 50.0 Å². The second-order valence-corrected chi connectivity index (χ2v) is 6.90. The van der Waals surface area contributed by atoms with Crippen LogP contribution in [-0.2, 0) is 10.0 Å². The molecule has 0 aliphatic heterocycles. The van der Waals surface area contributed by atoms with Crippen molar-refractivity contribution in [3.05, 3.63) is 36.0 Å². The minimum absolute atomic E-state index is 0.0835. The summed E-state index contributed by atoms with van der Waals surface area (Å²) in [5.41, 5.74) is 1.41. The third-order valence-corrected chi connectivity index (χ3v) is 4.87. The Morgan fingerprint density at radius 1 is 1.30 bits per heavy atom. The summed E-state index contributed by atoms with van der Waals surface area (Å²) in [5, 5.41) is 3.45. The van der Waals surface area contributed by atoms with E-state index in [1.807, 2.05) is 12.1 Å². The quantitative estimate of drug-likeness (QED) is 0.855. The van der Waals surface area contributed by atoms with Crippen LogP contribution in [0.25, 0.3) is 10.9 Å². The predicted molar refractivity (Wildman–Crippen MR) is 78.1 cm³/mol. The van der Waals surface area contributed by atoms with Gasteiger partial charge in [0.05, 0.1) is 5.75 Å². The van der Waals surface area contributed by atoms with Crippen molar-refractivity contribution < 1.29 is 13.2 Å². The Labute approximate surface area is 117 Å². The van der Waals surface area contributed by atoms with E-state index in [9.17, 15) is 13.2 Å². The number of H-pyrrole nitrogens is 1. The van der Waals surface area contributed by atoms with Crippen LogP contribution in [0.3, 0.4) is 0 Å². The molecule has 1 amide bonds. The van der Waals surface area contributed by atoms with E-state index < -0.39 is 10.0 Å². The first-order valence-corrected chi connectivity index (χ1v) is 7.77. The standard InChI is InChI=1S/C13H17N3O3S/c1-16(2)20(18,19)9-8-15-13(17)11-4-3-5-12-10(11)6-7-14-12/h3-7,14H,8-9H2,1-2H3,(H,15,17). The molecule has 0 saturated carbocycles. The van der Waals surface area contributed by atoms with E-state index in [-0.39, 0.29) is 18.2 Å². The number of carbonyl (C=O) groups is 1. The van der Waals surface area contributed by atoms with Crippen molar-refractivity contribution in [2.24, 2.45) is 0 Å². The summed E-state index contributed by atoms with van der Waals surface area (Å²) in [7, 11) is -0.355. The molecule has 1 aromatic carbocycles. The van der Waals surface area contributed by atoms with Gasteiger partial charge in [-0.15, -0.1) is 0 Å². The Kier molecular flexibility index (Phi) is 4.10. The number of aromatic nitrogens is 1. The van der Waals surface area contributed by atoms with Crippen molar-refractivity contribution in [1.29, 1.82) is 0 Å². The first-order valence-electron chi connectivity index (χ1n) is 6.16. The van der Waals surface area contributed by atoms with Crippen molar-refractivity contribution in [2.75, 3.05) is 26.4 Å². The molecule has 0 radical (unpaired) electrons. The summed E-state index contributed by atoms with van der Waals surface area (Å²) in [4.78, 5) is 15.1. The maximum Gasteiger partial charge on any atom is 0.251 e. The van der Waals surface area contributed by atoms with E-state index in [0.717, 1.165) is 15.2 Å². The summed E-state index contributed by atoms with van der Waals surface area (Å²) in [5.74, 6) is -0.390. The average molecular weight is 295 g/mol. The zero-order valence-electron chi connectivity index (χ0n) is 11.4. The summed E-state index contributed by atoms with van der Waals surface area (Å²) in [6, 6.07) is 7.19. The molecule has 0 saturated heterocycles. The molecule has 1 aromatic heterocycles. The fraction of sp³-hybridized carbons (Fsp3) is 0.308. The molecule has 0 aliphatic carbocycles. The number of aromatic amines is 1. The Balaban J connectivity index is 2.05. The molecule has 0 atom stereocenters. The van der Waals surface area contributed by atoms with Crippen LogP contribution in [0.2, 0.25) is 0 Å². The second kappa shape index (κ2) is 5.64. The van der Waals surface area contributed by atoms with E-state index in [4.69, 9.17) is 0 Å². The molecular weight excluding hydrogens is 278 g/mol. The number of hydrogen-bond donors (Lipinski definition) is 2. The van der Waals surface area contributed by atoms with Gasteiger partial charge in [0, 0.05) is 43.3 Å². The van der Waals surface area contributed by atoms with Gasteiger partial charge in [-0.05, 0) is 18.2 Å². The SMILES string of the molecule is CN(C)S(=O)(=O)CCNC(=O)c1cccc2[nH]ccc12. The molecule has 20 heavy (non-hydrogen) atoms. The fourth-order valence-corrected chi connectivity index (χ4v) is 2.58. The molecule has 2 N–H and O–H groups in total. The third-order valence-electron chi connectivity index (χ3n) is 3.04. The second-order valence-electron chi connectivity index (χ2n) is 4.60. The monoisotopic (exact) mass is 295 g/mol. The third kappa shape index (κ3) is 3.00. The highest BCUT2D eigenvalue weighted by Crippen LogP contribution is 2.16. The summed E-state index contributed by atoms with van der Waals surface area (Å²) in [6.45, 7) is 0.0835. The maximum atomic E-state index is 12.1. The van der Waals surface area contributed by atoms with E-state index in [0.29, 0.717) is 5.56 Å². The van der Waals surface area contributed by atoms with Gasteiger partial charge in [0.2, 0.25) is 10.0 Å². The van der Waals surface area contributed by atoms with Crippen LogP contribution in [0.1, 0.15) is 10.4 Å². The molecule has 0 bridgehead atoms. The highest BCUT2D eigenvalue weighted by Gasteiger charge is 2.15. The van der Waals surface area contributed by atoms with Crippen molar-refractivity contribution in [1.82, 2.24) is 14.6 Å². The lowest BCUT2D eigenvalue weighted by Gasteiger charge is -2.11. The van der Waals surface area contributed by atoms with Gasteiger partial charge < -0.3 is 10.3 Å². The van der Waals surface area contributed by atoms with Gasteiger partial charge in [0.15, 0.2) is 0 Å². The Bertz CT molecular complexity index is 719. The van der Waals surface area contributed by atoms with E-state index in [1.165, 1.54) is 14.1 Å². The molecular formula is C13H17N3O3S. The maximum absolute atomic E-state index is 12.1. The van der Waals surface area contributed by atoms with E-state index >= 15 is 0 Å². The zero-order chi connectivity index (χ0) is 14.8. The average Bonchev–Trinajstić information content (AvgIpc) is 2.86. The van der Waals surface area contributed by atoms with Gasteiger partial charge in [-0.25, -0.2) is 12.7 Å². The minimum atomic E-state index is -3.30. The smallest absolute Gasteiger partial charge is 0.251 e. The molecule has 0 fully saturated rings. The zero-order valence-corrected chi connectivity index (χ0v) is 12.2. The number of hydrogen-bond acceptors (Lipinski definition) is 3. The molecule has 7 heteroatoms. The van der Waals surface area contributed by atoms with Gasteiger partial charge >= 0.3 is 0 Å². The molecule has 2 rings (SSSR count). The molecule has 0 unspecified atom stereocenters. The van der Waals surface area contributed by atoms with Crippen molar-refractivity contribution in [3.8, 4) is 0 Å². The van der Waals surface area contributed by atoms with E-state index in [1.54, 1.807) is 18.3 Å². The summed E-state index contributed by atoms with van der Waals surface area (Å²) >= 11 is 0. The number of sulfonamides is 1. The number of carbonyl (C=O) groups excluding carboxylic acids is 1. The molecule has 1 heterocycles. The van der Waals surface area contributed by atoms with Crippen LogP contribution in [0.4, 0.5) is 0 Å². The Morgan fingerprint density at radius 2 is 2.05 bits per heavy atom. The van der Waals surface area contributed by atoms with Gasteiger partial charge in [-0.2, -0.15) is 0 Å². The topological polar surface area (TPSA) is 82.3 Å². The van der Waals surface area contributed by atoms with E-state index in [2.05, 4.69) is 10.3 Å². The fourth-order valence-electron chi connectivity index (χ4n) is 1.85. The highest BCUT2D eigenvalue weighted by atomic mass is 32.2. The molecule has 108 valence electrons. The Morgan fingerprint density at radius 3 is 2.75 bits per heavy atom. The van der Waals surface area contributed by atoms with Crippen LogP contribution < -0.4 is 5.32 Å².